The summed E-state index contributed by atoms with van der Waals surface area (Å²) in [4.78, 5) is 23.2. The Labute approximate surface area is 176 Å². The van der Waals surface area contributed by atoms with Gasteiger partial charge in [0.25, 0.3) is 5.69 Å². The van der Waals surface area contributed by atoms with Crippen molar-refractivity contribution in [3.8, 4) is 0 Å². The molecule has 3 rings (SSSR count). The zero-order valence-electron chi connectivity index (χ0n) is 16.4. The van der Waals surface area contributed by atoms with Gasteiger partial charge in [0.05, 0.1) is 17.1 Å². The van der Waals surface area contributed by atoms with Crippen molar-refractivity contribution in [1.29, 1.82) is 0 Å². The lowest BCUT2D eigenvalue weighted by Crippen LogP contribution is -1.97. The largest absolute Gasteiger partial charge is 0.315 e. The average molecular weight is 433 g/mol. The summed E-state index contributed by atoms with van der Waals surface area (Å²) in [6.07, 6.45) is 6.45. The first-order valence-corrected chi connectivity index (χ1v) is 9.96. The van der Waals surface area contributed by atoms with E-state index in [1.807, 2.05) is 4.57 Å². The fourth-order valence-corrected chi connectivity index (χ4v) is 3.29. The molecule has 7 nitrogen and oxygen atoms in total. The molecule has 1 aromatic carbocycles. The van der Waals surface area contributed by atoms with E-state index in [1.165, 1.54) is 49.3 Å². The second kappa shape index (κ2) is 11.8. The molecule has 0 spiro atoms. The minimum atomic E-state index is -0.420. The lowest BCUT2D eigenvalue weighted by molar-refractivity contribution is -0.384. The molecule has 2 heterocycles. The van der Waals surface area contributed by atoms with E-state index in [-0.39, 0.29) is 11.5 Å². The third-order valence-corrected chi connectivity index (χ3v) is 4.84. The first-order chi connectivity index (χ1) is 14.5. The Bertz CT molecular complexity index is 1020. The molecule has 0 fully saturated rings. The van der Waals surface area contributed by atoms with Crippen molar-refractivity contribution in [1.82, 2.24) is 19.5 Å². The number of thioether (sulfide) groups is 1. The molecule has 0 N–H and O–H groups in total. The van der Waals surface area contributed by atoms with Crippen LogP contribution in [0.3, 0.4) is 0 Å². The van der Waals surface area contributed by atoms with Gasteiger partial charge < -0.3 is 4.57 Å². The lowest BCUT2D eigenvalue weighted by atomic mass is 10.2. The molecular weight excluding hydrogens is 412 g/mol. The molecule has 0 radical (unpaired) electrons. The number of hydrogen-bond donors (Lipinski definition) is 0. The van der Waals surface area contributed by atoms with Gasteiger partial charge in [0.1, 0.15) is 23.5 Å². The van der Waals surface area contributed by atoms with Crippen LogP contribution in [0.15, 0.2) is 66.5 Å². The number of nitro groups is 1. The molecule has 0 aliphatic carbocycles. The number of alkyl halides is 1. The maximum Gasteiger partial charge on any atom is 0.269 e. The van der Waals surface area contributed by atoms with Gasteiger partial charge in [-0.2, -0.15) is 0 Å². The highest BCUT2D eigenvalue weighted by atomic mass is 32.2. The van der Waals surface area contributed by atoms with E-state index in [0.29, 0.717) is 29.9 Å². The van der Waals surface area contributed by atoms with E-state index in [0.717, 1.165) is 10.6 Å². The van der Waals surface area contributed by atoms with Gasteiger partial charge in [-0.1, -0.05) is 36.0 Å². The fourth-order valence-electron chi connectivity index (χ4n) is 2.40. The summed E-state index contributed by atoms with van der Waals surface area (Å²) in [7, 11) is 0. The first kappa shape index (κ1) is 23.1. The van der Waals surface area contributed by atoms with Crippen molar-refractivity contribution >= 4 is 28.6 Å². The van der Waals surface area contributed by atoms with Crippen LogP contribution in [0, 0.1) is 10.1 Å². The van der Waals surface area contributed by atoms with Crippen molar-refractivity contribution in [2.75, 3.05) is 6.67 Å². The molecule has 0 unspecified atom stereocenters. The van der Waals surface area contributed by atoms with E-state index >= 15 is 0 Å². The standard InChI is InChI=1S/C17H16FN5O2S.C3H5F/c1-12(18)3-2-8-22-11-21-15-16(22)19-10-20-17(15)26-9-13-4-6-14(7-5-13)23(24)25;1-2-3-4/h3-7,10-11H,2,8-9H2,1H3;2H,1,3H2/b12-3-;. The number of nitrogens with zero attached hydrogens (tertiary/aromatic N) is 5. The van der Waals surface area contributed by atoms with Crippen LogP contribution in [0.4, 0.5) is 14.5 Å². The monoisotopic (exact) mass is 433 g/mol. The van der Waals surface area contributed by atoms with Crippen molar-refractivity contribution in [3.63, 3.8) is 0 Å². The van der Waals surface area contributed by atoms with Gasteiger partial charge in [0, 0.05) is 24.4 Å². The summed E-state index contributed by atoms with van der Waals surface area (Å²) in [5.74, 6) is 0.407. The summed E-state index contributed by atoms with van der Waals surface area (Å²) >= 11 is 1.49. The highest BCUT2D eigenvalue weighted by Crippen LogP contribution is 2.27. The number of fused-ring (bicyclic) bond motifs is 1. The van der Waals surface area contributed by atoms with Crippen molar-refractivity contribution in [2.45, 2.75) is 30.7 Å². The summed E-state index contributed by atoms with van der Waals surface area (Å²) in [5.41, 5.74) is 2.42. The van der Waals surface area contributed by atoms with Gasteiger partial charge in [0.15, 0.2) is 5.65 Å². The van der Waals surface area contributed by atoms with Gasteiger partial charge in [-0.3, -0.25) is 10.1 Å². The molecule has 0 aliphatic rings. The number of hydrogen-bond acceptors (Lipinski definition) is 6. The van der Waals surface area contributed by atoms with Crippen LogP contribution >= 0.6 is 11.8 Å². The Morgan fingerprint density at radius 2 is 2.00 bits per heavy atom. The van der Waals surface area contributed by atoms with E-state index in [4.69, 9.17) is 0 Å². The molecule has 0 saturated carbocycles. The molecular formula is C20H21F2N5O2S. The van der Waals surface area contributed by atoms with Crippen LogP contribution in [-0.4, -0.2) is 31.1 Å². The van der Waals surface area contributed by atoms with Gasteiger partial charge in [-0.15, -0.1) is 6.58 Å². The Hall–Kier alpha value is -3.14. The second-order valence-electron chi connectivity index (χ2n) is 6.02. The lowest BCUT2D eigenvalue weighted by Gasteiger charge is -2.04. The Kier molecular flexibility index (Phi) is 9.07. The zero-order valence-corrected chi connectivity index (χ0v) is 17.2. The third kappa shape index (κ3) is 6.73. The van der Waals surface area contributed by atoms with Crippen molar-refractivity contribution < 1.29 is 13.7 Å². The number of halogens is 2. The number of nitro benzene ring substituents is 1. The second-order valence-corrected chi connectivity index (χ2v) is 6.99. The summed E-state index contributed by atoms with van der Waals surface area (Å²) in [5, 5.41) is 11.4. The van der Waals surface area contributed by atoms with Crippen LogP contribution in [0.1, 0.15) is 18.9 Å². The topological polar surface area (TPSA) is 86.7 Å². The Balaban J connectivity index is 0.000000735. The molecule has 0 bridgehead atoms. The van der Waals surface area contributed by atoms with E-state index in [9.17, 15) is 18.9 Å². The third-order valence-electron chi connectivity index (χ3n) is 3.80. The smallest absolute Gasteiger partial charge is 0.269 e. The maximum atomic E-state index is 12.8. The fraction of sp³-hybridized carbons (Fsp3) is 0.250. The Morgan fingerprint density at radius 3 is 2.60 bits per heavy atom. The SMILES string of the molecule is C/C(F)=C/CCn1cnc2c(SCc3ccc([N+](=O)[O-])cc3)ncnc21.C=CCF. The highest BCUT2D eigenvalue weighted by Gasteiger charge is 2.11. The van der Waals surface area contributed by atoms with Crippen molar-refractivity contribution in [2.24, 2.45) is 0 Å². The molecule has 3 aromatic rings. The van der Waals surface area contributed by atoms with E-state index in [2.05, 4.69) is 21.5 Å². The average Bonchev–Trinajstić information content (AvgIpc) is 3.16. The zero-order chi connectivity index (χ0) is 21.9. The van der Waals surface area contributed by atoms with E-state index < -0.39 is 11.6 Å². The number of rotatable bonds is 8. The quantitative estimate of drug-likeness (QED) is 0.155. The molecule has 10 heteroatoms. The number of imidazole rings is 1. The number of benzene rings is 1. The number of aromatic nitrogens is 4. The predicted molar refractivity (Wildman–Crippen MR) is 114 cm³/mol. The molecule has 0 atom stereocenters. The number of allylic oxidation sites excluding steroid dienone is 3. The number of aryl methyl sites for hydroxylation is 1. The molecule has 0 saturated heterocycles. The summed E-state index contributed by atoms with van der Waals surface area (Å²) in [6.45, 7) is 4.69. The van der Waals surface area contributed by atoms with Crippen LogP contribution in [0.5, 0.6) is 0 Å². The van der Waals surface area contributed by atoms with Crippen LogP contribution in [-0.2, 0) is 12.3 Å². The highest BCUT2D eigenvalue weighted by molar-refractivity contribution is 7.98. The minimum absolute atomic E-state index is 0.0690. The number of non-ortho nitro benzene ring substituents is 1. The van der Waals surface area contributed by atoms with Crippen molar-refractivity contribution in [3.05, 3.63) is 77.2 Å². The van der Waals surface area contributed by atoms with Gasteiger partial charge >= 0.3 is 0 Å². The predicted octanol–water partition coefficient (Wildman–Crippen LogP) is 5.43. The normalized spacial score (nSPS) is 11.1. The maximum absolute atomic E-state index is 12.8. The van der Waals surface area contributed by atoms with Gasteiger partial charge in [-0.05, 0) is 18.9 Å². The van der Waals surface area contributed by atoms with Crippen LogP contribution < -0.4 is 0 Å². The van der Waals surface area contributed by atoms with Gasteiger partial charge in [0.2, 0.25) is 0 Å². The molecule has 30 heavy (non-hydrogen) atoms. The molecule has 2 aromatic heterocycles. The summed E-state index contributed by atoms with van der Waals surface area (Å²) in [6, 6.07) is 6.43. The van der Waals surface area contributed by atoms with E-state index in [1.54, 1.807) is 18.5 Å². The molecule has 0 aliphatic heterocycles. The first-order valence-electron chi connectivity index (χ1n) is 8.97. The Morgan fingerprint density at radius 1 is 1.30 bits per heavy atom. The van der Waals surface area contributed by atoms with Gasteiger partial charge in [-0.25, -0.2) is 23.7 Å². The minimum Gasteiger partial charge on any atom is -0.315 e. The molecule has 0 amide bonds. The summed E-state index contributed by atoms with van der Waals surface area (Å²) < 4.78 is 25.3. The van der Waals surface area contributed by atoms with Crippen LogP contribution in [0.25, 0.3) is 11.2 Å². The van der Waals surface area contributed by atoms with Crippen LogP contribution in [0.2, 0.25) is 0 Å². The molecule has 158 valence electrons.